The van der Waals surface area contributed by atoms with E-state index in [1.807, 2.05) is 16.7 Å². The van der Waals surface area contributed by atoms with Crippen LogP contribution < -0.4 is 0 Å². The van der Waals surface area contributed by atoms with Gasteiger partial charge in [0, 0.05) is 30.4 Å². The lowest BCUT2D eigenvalue weighted by Gasteiger charge is -2.47. The van der Waals surface area contributed by atoms with E-state index in [2.05, 4.69) is 54.7 Å². The highest BCUT2D eigenvalue weighted by molar-refractivity contribution is 8.02. The standard InChI is InChI=1S/C31H51N3O4S/c1-11-14-32(15-12-2)26(36)23-22-17-20(4)31(39-22)24(23)27(37)34(21(5)18-35)25(31)28(38)33(16-13-3)30(9,10)19-29(6,7)8/h11,13,20-25,35H,1,3,12,14-19H2,2,4-10H3/t20?,21-,22+,23-,24+,25?,31?/m1/s1. The minimum atomic E-state index is -0.752. The largest absolute Gasteiger partial charge is 0.394 e. The first kappa shape index (κ1) is 31.7. The summed E-state index contributed by atoms with van der Waals surface area (Å²) in [6.45, 7) is 25.6. The fourth-order valence-electron chi connectivity index (χ4n) is 7.82. The molecule has 0 saturated carbocycles. The molecule has 0 radical (unpaired) electrons. The first-order valence-electron chi connectivity index (χ1n) is 14.6. The maximum Gasteiger partial charge on any atom is 0.247 e. The predicted octanol–water partition coefficient (Wildman–Crippen LogP) is 4.36. The molecule has 3 aliphatic heterocycles. The average Bonchev–Trinajstić information content (AvgIpc) is 3.43. The molecular weight excluding hydrogens is 510 g/mol. The lowest BCUT2D eigenvalue weighted by molar-refractivity contribution is -0.149. The van der Waals surface area contributed by atoms with Crippen LogP contribution >= 0.6 is 11.8 Å². The van der Waals surface area contributed by atoms with Gasteiger partial charge in [0.05, 0.1) is 29.2 Å². The molecular formula is C31H51N3O4S. The zero-order valence-electron chi connectivity index (χ0n) is 25.4. The molecule has 0 aromatic carbocycles. The molecule has 3 rings (SSSR count). The monoisotopic (exact) mass is 561 g/mol. The van der Waals surface area contributed by atoms with Crippen LogP contribution in [0, 0.1) is 23.2 Å². The highest BCUT2D eigenvalue weighted by Gasteiger charge is 2.77. The summed E-state index contributed by atoms with van der Waals surface area (Å²) >= 11 is 1.69. The van der Waals surface area contributed by atoms with Crippen LogP contribution in [0.2, 0.25) is 0 Å². The number of amides is 3. The van der Waals surface area contributed by atoms with E-state index < -0.39 is 34.2 Å². The van der Waals surface area contributed by atoms with Crippen LogP contribution in [0.4, 0.5) is 0 Å². The van der Waals surface area contributed by atoms with Crippen molar-refractivity contribution in [3.8, 4) is 0 Å². The number of likely N-dealkylation sites (tertiary alicyclic amines) is 1. The minimum Gasteiger partial charge on any atom is -0.394 e. The topological polar surface area (TPSA) is 81.2 Å². The van der Waals surface area contributed by atoms with E-state index in [9.17, 15) is 19.5 Å². The lowest BCUT2D eigenvalue weighted by Crippen LogP contribution is -2.62. The van der Waals surface area contributed by atoms with Crippen molar-refractivity contribution in [2.75, 3.05) is 26.2 Å². The molecule has 8 heteroatoms. The summed E-state index contributed by atoms with van der Waals surface area (Å²) in [6, 6.07) is -1.29. The molecule has 0 aromatic rings. The van der Waals surface area contributed by atoms with Crippen molar-refractivity contribution in [1.29, 1.82) is 0 Å². The molecule has 3 amide bonds. The quantitative estimate of drug-likeness (QED) is 0.358. The van der Waals surface area contributed by atoms with Gasteiger partial charge in [0.2, 0.25) is 17.7 Å². The number of rotatable bonds is 12. The molecule has 39 heavy (non-hydrogen) atoms. The Balaban J connectivity index is 2.14. The summed E-state index contributed by atoms with van der Waals surface area (Å²) in [5, 5.41) is 10.2. The number of hydrogen-bond acceptors (Lipinski definition) is 5. The molecule has 3 saturated heterocycles. The molecule has 7 atom stereocenters. The molecule has 0 aliphatic carbocycles. The molecule has 2 bridgehead atoms. The third kappa shape index (κ3) is 5.44. The molecule has 3 aliphatic rings. The van der Waals surface area contributed by atoms with Gasteiger partial charge in [-0.05, 0) is 51.4 Å². The Kier molecular flexibility index (Phi) is 9.43. The zero-order chi connectivity index (χ0) is 29.5. The van der Waals surface area contributed by atoms with E-state index in [1.54, 1.807) is 35.7 Å². The first-order chi connectivity index (χ1) is 18.1. The van der Waals surface area contributed by atoms with Crippen LogP contribution in [-0.4, -0.2) is 91.4 Å². The zero-order valence-corrected chi connectivity index (χ0v) is 26.2. The van der Waals surface area contributed by atoms with Crippen LogP contribution in [0.15, 0.2) is 25.3 Å². The molecule has 3 heterocycles. The van der Waals surface area contributed by atoms with Crippen molar-refractivity contribution in [2.24, 2.45) is 23.2 Å². The fraction of sp³-hybridized carbons (Fsp3) is 0.774. The smallest absolute Gasteiger partial charge is 0.247 e. The second kappa shape index (κ2) is 11.6. The minimum absolute atomic E-state index is 0.0112. The van der Waals surface area contributed by atoms with Gasteiger partial charge in [0.15, 0.2) is 0 Å². The van der Waals surface area contributed by atoms with Gasteiger partial charge in [-0.25, -0.2) is 0 Å². The Labute approximate surface area is 240 Å². The summed E-state index contributed by atoms with van der Waals surface area (Å²) in [5.74, 6) is -1.28. The normalized spacial score (nSPS) is 30.7. The van der Waals surface area contributed by atoms with E-state index in [0.717, 1.165) is 19.3 Å². The van der Waals surface area contributed by atoms with Gasteiger partial charge in [-0.15, -0.1) is 24.9 Å². The SMILES string of the molecule is C=CCN(CCC)C(=O)[C@@H]1[C@@H]2CC(C)C3(S2)C(C(=O)N(CC=C)C(C)(C)CC(C)(C)C)N([C@H](C)CO)C(=O)[C@H]13. The summed E-state index contributed by atoms with van der Waals surface area (Å²) < 4.78 is -0.716. The van der Waals surface area contributed by atoms with E-state index in [-0.39, 0.29) is 40.9 Å². The summed E-state index contributed by atoms with van der Waals surface area (Å²) in [5.41, 5.74) is -0.510. The van der Waals surface area contributed by atoms with Crippen molar-refractivity contribution in [3.05, 3.63) is 25.3 Å². The Morgan fingerprint density at radius 1 is 1.18 bits per heavy atom. The highest BCUT2D eigenvalue weighted by atomic mass is 32.2. The molecule has 3 fully saturated rings. The third-order valence-electron chi connectivity index (χ3n) is 8.87. The van der Waals surface area contributed by atoms with Crippen molar-refractivity contribution < 1.29 is 19.5 Å². The number of nitrogens with zero attached hydrogens (tertiary/aromatic N) is 3. The van der Waals surface area contributed by atoms with Crippen LogP contribution in [0.25, 0.3) is 0 Å². The van der Waals surface area contributed by atoms with Gasteiger partial charge < -0.3 is 19.8 Å². The summed E-state index contributed by atoms with van der Waals surface area (Å²) in [7, 11) is 0. The van der Waals surface area contributed by atoms with Gasteiger partial charge in [0.25, 0.3) is 0 Å². The Bertz CT molecular complexity index is 975. The molecule has 3 unspecified atom stereocenters. The maximum atomic E-state index is 14.8. The Hall–Kier alpha value is -1.80. The van der Waals surface area contributed by atoms with E-state index >= 15 is 0 Å². The highest BCUT2D eigenvalue weighted by Crippen LogP contribution is 2.69. The second-order valence-electron chi connectivity index (χ2n) is 13.7. The van der Waals surface area contributed by atoms with E-state index in [0.29, 0.717) is 19.6 Å². The van der Waals surface area contributed by atoms with Gasteiger partial charge in [0.1, 0.15) is 6.04 Å². The van der Waals surface area contributed by atoms with Crippen LogP contribution in [-0.2, 0) is 14.4 Å². The molecule has 0 aromatic heterocycles. The number of thioether (sulfide) groups is 1. The number of carbonyl (C=O) groups is 3. The maximum absolute atomic E-state index is 14.8. The average molecular weight is 562 g/mol. The molecule has 1 spiro atoms. The number of fused-ring (bicyclic) bond motifs is 1. The van der Waals surface area contributed by atoms with Crippen LogP contribution in [0.5, 0.6) is 0 Å². The molecule has 7 nitrogen and oxygen atoms in total. The second-order valence-corrected chi connectivity index (χ2v) is 15.2. The number of aliphatic hydroxyl groups is 1. The number of aliphatic hydroxyl groups excluding tert-OH is 1. The van der Waals surface area contributed by atoms with Crippen LogP contribution in [0.1, 0.15) is 74.7 Å². The molecule has 220 valence electrons. The van der Waals surface area contributed by atoms with Gasteiger partial charge >= 0.3 is 0 Å². The van der Waals surface area contributed by atoms with Gasteiger partial charge in [-0.3, -0.25) is 14.4 Å². The Morgan fingerprint density at radius 2 is 1.79 bits per heavy atom. The van der Waals surface area contributed by atoms with E-state index in [1.165, 1.54) is 0 Å². The van der Waals surface area contributed by atoms with E-state index in [4.69, 9.17) is 0 Å². The summed E-state index contributed by atoms with van der Waals surface area (Å²) in [6.07, 6.45) is 5.86. The molecule has 1 N–H and O–H groups in total. The van der Waals surface area contributed by atoms with Gasteiger partial charge in [-0.1, -0.05) is 46.8 Å². The van der Waals surface area contributed by atoms with Gasteiger partial charge in [-0.2, -0.15) is 0 Å². The van der Waals surface area contributed by atoms with Crippen molar-refractivity contribution in [2.45, 2.75) is 102 Å². The summed E-state index contributed by atoms with van der Waals surface area (Å²) in [4.78, 5) is 48.5. The van der Waals surface area contributed by atoms with Crippen LogP contribution in [0.3, 0.4) is 0 Å². The van der Waals surface area contributed by atoms with Crippen molar-refractivity contribution in [3.63, 3.8) is 0 Å². The predicted molar refractivity (Wildman–Crippen MR) is 159 cm³/mol. The third-order valence-corrected chi connectivity index (χ3v) is 10.9. The fourth-order valence-corrected chi connectivity index (χ4v) is 10.2. The Morgan fingerprint density at radius 3 is 2.31 bits per heavy atom. The number of carbonyl (C=O) groups excluding carboxylic acids is 3. The first-order valence-corrected chi connectivity index (χ1v) is 15.4. The number of hydrogen-bond donors (Lipinski definition) is 1. The van der Waals surface area contributed by atoms with Crippen molar-refractivity contribution >= 4 is 29.5 Å². The van der Waals surface area contributed by atoms with Crippen molar-refractivity contribution in [1.82, 2.24) is 14.7 Å². The lowest BCUT2D eigenvalue weighted by atomic mass is 9.65.